The lowest BCUT2D eigenvalue weighted by Gasteiger charge is -2.02. The molecule has 4 nitrogen and oxygen atoms in total. The number of carbonyl (C=O) groups excluding carboxylic acids is 1. The van der Waals surface area contributed by atoms with E-state index >= 15 is 0 Å². The average Bonchev–Trinajstić information content (AvgIpc) is 2.74. The van der Waals surface area contributed by atoms with E-state index in [2.05, 4.69) is 22.5 Å². The average molecular weight is 241 g/mol. The molecule has 16 heavy (non-hydrogen) atoms. The topological polar surface area (TPSA) is 54.0 Å². The fraction of sp³-hybridized carbons (Fsp3) is 0.636. The smallest absolute Gasteiger partial charge is 0.220 e. The number of aromatic nitrogens is 1. The molecule has 0 bridgehead atoms. The van der Waals surface area contributed by atoms with Crippen LogP contribution >= 0.6 is 11.3 Å². The van der Waals surface area contributed by atoms with Crippen LogP contribution in [0.4, 0.5) is 0 Å². The van der Waals surface area contributed by atoms with Gasteiger partial charge < -0.3 is 10.6 Å². The predicted molar refractivity (Wildman–Crippen MR) is 66.5 cm³/mol. The van der Waals surface area contributed by atoms with Gasteiger partial charge in [0.15, 0.2) is 0 Å². The van der Waals surface area contributed by atoms with Crippen molar-refractivity contribution in [1.82, 2.24) is 15.6 Å². The first-order valence-corrected chi connectivity index (χ1v) is 6.42. The minimum absolute atomic E-state index is 0.100. The summed E-state index contributed by atoms with van der Waals surface area (Å²) >= 11 is 1.67. The van der Waals surface area contributed by atoms with Gasteiger partial charge in [-0.15, -0.1) is 11.3 Å². The Hall–Kier alpha value is -0.940. The molecule has 2 N–H and O–H groups in total. The summed E-state index contributed by atoms with van der Waals surface area (Å²) in [7, 11) is 1.89. The number of hydrogen-bond acceptors (Lipinski definition) is 4. The highest BCUT2D eigenvalue weighted by Crippen LogP contribution is 2.12. The van der Waals surface area contributed by atoms with E-state index in [9.17, 15) is 4.79 Å². The molecule has 0 unspecified atom stereocenters. The number of rotatable bonds is 7. The zero-order chi connectivity index (χ0) is 11.8. The van der Waals surface area contributed by atoms with Crippen LogP contribution in [-0.4, -0.2) is 24.5 Å². The zero-order valence-corrected chi connectivity index (χ0v) is 10.7. The maximum atomic E-state index is 11.4. The van der Waals surface area contributed by atoms with Crippen molar-refractivity contribution >= 4 is 17.2 Å². The Morgan fingerprint density at radius 1 is 1.56 bits per heavy atom. The van der Waals surface area contributed by atoms with E-state index in [1.165, 1.54) is 4.88 Å². The van der Waals surface area contributed by atoms with E-state index in [1.54, 1.807) is 11.3 Å². The van der Waals surface area contributed by atoms with Gasteiger partial charge in [0, 0.05) is 17.5 Å². The summed E-state index contributed by atoms with van der Waals surface area (Å²) in [5, 5.41) is 6.88. The molecule has 0 aliphatic carbocycles. The zero-order valence-electron chi connectivity index (χ0n) is 9.88. The normalized spacial score (nSPS) is 10.4. The van der Waals surface area contributed by atoms with Crippen LogP contribution in [0.5, 0.6) is 0 Å². The van der Waals surface area contributed by atoms with Crippen LogP contribution in [0.3, 0.4) is 0 Å². The second kappa shape index (κ2) is 7.35. The number of nitrogens with one attached hydrogen (secondary N) is 2. The standard InChI is InChI=1S/C11H19N3OS/c1-3-9-7-14-11(16-9)8-13-10(15)5-4-6-12-2/h7,12H,3-6,8H2,1-2H3,(H,13,15). The van der Waals surface area contributed by atoms with Gasteiger partial charge >= 0.3 is 0 Å². The maximum absolute atomic E-state index is 11.4. The van der Waals surface area contributed by atoms with Crippen LogP contribution < -0.4 is 10.6 Å². The predicted octanol–water partition coefficient (Wildman–Crippen LogP) is 1.32. The van der Waals surface area contributed by atoms with E-state index in [4.69, 9.17) is 0 Å². The summed E-state index contributed by atoms with van der Waals surface area (Å²) in [6.07, 6.45) is 4.34. The Morgan fingerprint density at radius 3 is 3.00 bits per heavy atom. The van der Waals surface area contributed by atoms with Crippen LogP contribution in [-0.2, 0) is 17.8 Å². The highest BCUT2D eigenvalue weighted by molar-refractivity contribution is 7.11. The van der Waals surface area contributed by atoms with E-state index in [1.807, 2.05) is 13.2 Å². The van der Waals surface area contributed by atoms with Gasteiger partial charge in [-0.2, -0.15) is 0 Å². The molecule has 0 fully saturated rings. The van der Waals surface area contributed by atoms with E-state index < -0.39 is 0 Å². The molecule has 1 aromatic heterocycles. The molecule has 1 heterocycles. The number of nitrogens with zero attached hydrogens (tertiary/aromatic N) is 1. The van der Waals surface area contributed by atoms with Crippen molar-refractivity contribution in [2.75, 3.05) is 13.6 Å². The Bertz CT molecular complexity index is 325. The van der Waals surface area contributed by atoms with Gasteiger partial charge in [-0.05, 0) is 26.4 Å². The molecule has 0 saturated carbocycles. The maximum Gasteiger partial charge on any atom is 0.220 e. The number of hydrogen-bond donors (Lipinski definition) is 2. The van der Waals surface area contributed by atoms with Crippen molar-refractivity contribution in [3.8, 4) is 0 Å². The molecule has 1 amide bonds. The second-order valence-electron chi connectivity index (χ2n) is 3.56. The molecule has 0 aliphatic rings. The van der Waals surface area contributed by atoms with Gasteiger partial charge in [-0.3, -0.25) is 4.79 Å². The fourth-order valence-electron chi connectivity index (χ4n) is 1.28. The lowest BCUT2D eigenvalue weighted by Crippen LogP contribution is -2.23. The Labute approximate surface area is 100 Å². The third-order valence-electron chi connectivity index (χ3n) is 2.22. The quantitative estimate of drug-likeness (QED) is 0.708. The highest BCUT2D eigenvalue weighted by atomic mass is 32.1. The van der Waals surface area contributed by atoms with E-state index in [0.29, 0.717) is 13.0 Å². The first kappa shape index (κ1) is 13.1. The van der Waals surface area contributed by atoms with Crippen molar-refractivity contribution in [3.63, 3.8) is 0 Å². The van der Waals surface area contributed by atoms with Crippen LogP contribution in [0.15, 0.2) is 6.20 Å². The molecule has 0 spiro atoms. The van der Waals surface area contributed by atoms with Gasteiger partial charge in [0.25, 0.3) is 0 Å². The second-order valence-corrected chi connectivity index (χ2v) is 4.76. The highest BCUT2D eigenvalue weighted by Gasteiger charge is 2.03. The van der Waals surface area contributed by atoms with Gasteiger partial charge in [-0.1, -0.05) is 6.92 Å². The van der Waals surface area contributed by atoms with Crippen LogP contribution in [0.2, 0.25) is 0 Å². The lowest BCUT2D eigenvalue weighted by molar-refractivity contribution is -0.121. The van der Waals surface area contributed by atoms with E-state index in [0.717, 1.165) is 24.4 Å². The molecule has 0 radical (unpaired) electrons. The summed E-state index contributed by atoms with van der Waals surface area (Å²) < 4.78 is 0. The number of amides is 1. The van der Waals surface area contributed by atoms with Crippen molar-refractivity contribution in [2.45, 2.75) is 32.7 Å². The summed E-state index contributed by atoms with van der Waals surface area (Å²) in [6.45, 7) is 3.54. The Balaban J connectivity index is 2.20. The summed E-state index contributed by atoms with van der Waals surface area (Å²) in [5.41, 5.74) is 0. The number of thiazole rings is 1. The lowest BCUT2D eigenvalue weighted by atomic mass is 10.3. The third-order valence-corrected chi connectivity index (χ3v) is 3.36. The van der Waals surface area contributed by atoms with Gasteiger partial charge in [0.1, 0.15) is 5.01 Å². The van der Waals surface area contributed by atoms with Crippen molar-refractivity contribution in [1.29, 1.82) is 0 Å². The van der Waals surface area contributed by atoms with Crippen molar-refractivity contribution in [3.05, 3.63) is 16.1 Å². The van der Waals surface area contributed by atoms with Gasteiger partial charge in [0.2, 0.25) is 5.91 Å². The molecule has 0 aliphatic heterocycles. The van der Waals surface area contributed by atoms with Gasteiger partial charge in [0.05, 0.1) is 6.54 Å². The minimum Gasteiger partial charge on any atom is -0.350 e. The molecule has 0 saturated heterocycles. The molecule has 5 heteroatoms. The molecular formula is C11H19N3OS. The molecular weight excluding hydrogens is 222 g/mol. The first-order chi connectivity index (χ1) is 7.76. The molecule has 1 rings (SSSR count). The number of aryl methyl sites for hydroxylation is 1. The summed E-state index contributed by atoms with van der Waals surface area (Å²) in [6, 6.07) is 0. The van der Waals surface area contributed by atoms with Crippen molar-refractivity contribution in [2.24, 2.45) is 0 Å². The number of carbonyl (C=O) groups is 1. The first-order valence-electron chi connectivity index (χ1n) is 5.61. The fourth-order valence-corrected chi connectivity index (χ4v) is 2.08. The van der Waals surface area contributed by atoms with E-state index in [-0.39, 0.29) is 5.91 Å². The molecule has 90 valence electrons. The van der Waals surface area contributed by atoms with Gasteiger partial charge in [-0.25, -0.2) is 4.98 Å². The Morgan fingerprint density at radius 2 is 2.38 bits per heavy atom. The van der Waals surface area contributed by atoms with Crippen molar-refractivity contribution < 1.29 is 4.79 Å². The minimum atomic E-state index is 0.100. The largest absolute Gasteiger partial charge is 0.350 e. The Kier molecular flexibility index (Phi) is 6.03. The molecule has 1 aromatic rings. The van der Waals surface area contributed by atoms with Crippen LogP contribution in [0.1, 0.15) is 29.7 Å². The summed E-state index contributed by atoms with van der Waals surface area (Å²) in [4.78, 5) is 16.9. The molecule has 0 aromatic carbocycles. The third kappa shape index (κ3) is 4.72. The monoisotopic (exact) mass is 241 g/mol. The molecule has 0 atom stereocenters. The van der Waals surface area contributed by atoms with Crippen LogP contribution in [0.25, 0.3) is 0 Å². The summed E-state index contributed by atoms with van der Waals surface area (Å²) in [5.74, 6) is 0.100. The van der Waals surface area contributed by atoms with Crippen LogP contribution in [0, 0.1) is 0 Å². The SMILES string of the molecule is CCc1cnc(CNC(=O)CCCNC)s1.